The molecule has 0 saturated carbocycles. The lowest BCUT2D eigenvalue weighted by atomic mass is 9.92. The molecule has 2 atom stereocenters. The fourth-order valence-electron chi connectivity index (χ4n) is 2.98. The van der Waals surface area contributed by atoms with Crippen molar-refractivity contribution in [2.45, 2.75) is 32.9 Å². The standard InChI is InChI=1S/C17H25NOS/c1-13-8-14(2)10-18(9-13)17(19)12-20-11-16-7-5-4-6-15(16)3/h4-7,13-14H,8-12H2,1-3H3. The molecule has 2 rings (SSSR count). The Balaban J connectivity index is 1.79. The molecule has 1 saturated heterocycles. The summed E-state index contributed by atoms with van der Waals surface area (Å²) in [7, 11) is 0. The predicted octanol–water partition coefficient (Wildman–Crippen LogP) is 3.73. The largest absolute Gasteiger partial charge is 0.341 e. The Labute approximate surface area is 126 Å². The van der Waals surface area contributed by atoms with Gasteiger partial charge in [-0.3, -0.25) is 4.79 Å². The molecule has 0 aromatic heterocycles. The van der Waals surface area contributed by atoms with Crippen LogP contribution in [0, 0.1) is 18.8 Å². The molecule has 0 aliphatic carbocycles. The maximum Gasteiger partial charge on any atom is 0.232 e. The lowest BCUT2D eigenvalue weighted by Crippen LogP contribution is -2.43. The van der Waals surface area contributed by atoms with E-state index in [1.54, 1.807) is 11.8 Å². The molecule has 0 spiro atoms. The van der Waals surface area contributed by atoms with Crippen molar-refractivity contribution in [2.24, 2.45) is 11.8 Å². The SMILES string of the molecule is Cc1ccccc1CSCC(=O)N1CC(C)CC(C)C1. The molecule has 1 heterocycles. The zero-order chi connectivity index (χ0) is 14.5. The highest BCUT2D eigenvalue weighted by Gasteiger charge is 2.24. The van der Waals surface area contributed by atoms with Gasteiger partial charge in [-0.05, 0) is 36.3 Å². The van der Waals surface area contributed by atoms with E-state index in [4.69, 9.17) is 0 Å². The number of hydrogen-bond acceptors (Lipinski definition) is 2. The van der Waals surface area contributed by atoms with E-state index >= 15 is 0 Å². The number of amides is 1. The molecule has 1 aliphatic rings. The number of carbonyl (C=O) groups is 1. The minimum Gasteiger partial charge on any atom is -0.341 e. The van der Waals surface area contributed by atoms with E-state index in [0.717, 1.165) is 18.8 Å². The average Bonchev–Trinajstić information content (AvgIpc) is 2.39. The maximum absolute atomic E-state index is 12.3. The average molecular weight is 291 g/mol. The number of nitrogens with zero attached hydrogens (tertiary/aromatic N) is 1. The first-order valence-electron chi connectivity index (χ1n) is 7.46. The van der Waals surface area contributed by atoms with Gasteiger partial charge in [0.15, 0.2) is 0 Å². The number of carbonyl (C=O) groups excluding carboxylic acids is 1. The molecule has 2 nitrogen and oxygen atoms in total. The molecule has 1 aromatic carbocycles. The number of likely N-dealkylation sites (tertiary alicyclic amines) is 1. The Morgan fingerprint density at radius 1 is 1.25 bits per heavy atom. The molecule has 1 aromatic rings. The van der Waals surface area contributed by atoms with Crippen LogP contribution >= 0.6 is 11.8 Å². The Hall–Kier alpha value is -0.960. The van der Waals surface area contributed by atoms with Crippen molar-refractivity contribution >= 4 is 17.7 Å². The molecular weight excluding hydrogens is 266 g/mol. The zero-order valence-electron chi connectivity index (χ0n) is 12.8. The molecule has 20 heavy (non-hydrogen) atoms. The van der Waals surface area contributed by atoms with E-state index in [-0.39, 0.29) is 0 Å². The van der Waals surface area contributed by atoms with Crippen molar-refractivity contribution in [1.82, 2.24) is 4.90 Å². The molecule has 1 aliphatic heterocycles. The third kappa shape index (κ3) is 4.27. The van der Waals surface area contributed by atoms with Crippen LogP contribution in [0.2, 0.25) is 0 Å². The topological polar surface area (TPSA) is 20.3 Å². The van der Waals surface area contributed by atoms with Crippen LogP contribution in [0.3, 0.4) is 0 Å². The van der Waals surface area contributed by atoms with Crippen molar-refractivity contribution in [2.75, 3.05) is 18.8 Å². The van der Waals surface area contributed by atoms with Gasteiger partial charge in [0.2, 0.25) is 5.91 Å². The summed E-state index contributed by atoms with van der Waals surface area (Å²) in [5, 5.41) is 0. The van der Waals surface area contributed by atoms with Gasteiger partial charge in [-0.2, -0.15) is 0 Å². The van der Waals surface area contributed by atoms with Crippen LogP contribution in [0.5, 0.6) is 0 Å². The van der Waals surface area contributed by atoms with Gasteiger partial charge in [-0.15, -0.1) is 11.8 Å². The van der Waals surface area contributed by atoms with E-state index < -0.39 is 0 Å². The van der Waals surface area contributed by atoms with E-state index in [2.05, 4.69) is 49.9 Å². The van der Waals surface area contributed by atoms with E-state index in [9.17, 15) is 4.79 Å². The van der Waals surface area contributed by atoms with Crippen molar-refractivity contribution in [3.05, 3.63) is 35.4 Å². The van der Waals surface area contributed by atoms with Crippen LogP contribution < -0.4 is 0 Å². The third-order valence-corrected chi connectivity index (χ3v) is 4.93. The maximum atomic E-state index is 12.3. The minimum absolute atomic E-state index is 0.307. The highest BCUT2D eigenvalue weighted by Crippen LogP contribution is 2.22. The molecule has 110 valence electrons. The van der Waals surface area contributed by atoms with Gasteiger partial charge in [-0.25, -0.2) is 0 Å². The van der Waals surface area contributed by atoms with Gasteiger partial charge >= 0.3 is 0 Å². The number of hydrogen-bond donors (Lipinski definition) is 0. The van der Waals surface area contributed by atoms with Crippen LogP contribution in [0.15, 0.2) is 24.3 Å². The second-order valence-electron chi connectivity index (χ2n) is 6.16. The van der Waals surface area contributed by atoms with Gasteiger partial charge < -0.3 is 4.90 Å². The number of rotatable bonds is 4. The zero-order valence-corrected chi connectivity index (χ0v) is 13.6. The molecule has 1 amide bonds. The molecule has 2 unspecified atom stereocenters. The Morgan fingerprint density at radius 3 is 2.55 bits per heavy atom. The second-order valence-corrected chi connectivity index (χ2v) is 7.15. The van der Waals surface area contributed by atoms with E-state index in [1.807, 2.05) is 0 Å². The fourth-order valence-corrected chi connectivity index (χ4v) is 3.98. The first kappa shape index (κ1) is 15.4. The summed E-state index contributed by atoms with van der Waals surface area (Å²) < 4.78 is 0. The lowest BCUT2D eigenvalue weighted by molar-refractivity contribution is -0.130. The monoisotopic (exact) mass is 291 g/mol. The van der Waals surface area contributed by atoms with E-state index in [0.29, 0.717) is 23.5 Å². The number of thioether (sulfide) groups is 1. The molecule has 0 bridgehead atoms. The Morgan fingerprint density at radius 2 is 1.90 bits per heavy atom. The van der Waals surface area contributed by atoms with Gasteiger partial charge in [0.25, 0.3) is 0 Å². The minimum atomic E-state index is 0.307. The van der Waals surface area contributed by atoms with Crippen LogP contribution in [0.25, 0.3) is 0 Å². The van der Waals surface area contributed by atoms with Gasteiger partial charge in [0, 0.05) is 18.8 Å². The Kier molecular flexibility index (Phi) is 5.53. The van der Waals surface area contributed by atoms with Crippen LogP contribution in [0.1, 0.15) is 31.4 Å². The first-order valence-corrected chi connectivity index (χ1v) is 8.61. The molecule has 3 heteroatoms. The van der Waals surface area contributed by atoms with Gasteiger partial charge in [0.05, 0.1) is 5.75 Å². The van der Waals surface area contributed by atoms with Gasteiger partial charge in [0.1, 0.15) is 0 Å². The summed E-state index contributed by atoms with van der Waals surface area (Å²) in [5.41, 5.74) is 2.65. The summed E-state index contributed by atoms with van der Waals surface area (Å²) in [4.78, 5) is 14.3. The van der Waals surface area contributed by atoms with Crippen molar-refractivity contribution in [3.8, 4) is 0 Å². The summed E-state index contributed by atoms with van der Waals surface area (Å²) in [6.07, 6.45) is 1.25. The smallest absolute Gasteiger partial charge is 0.232 e. The Bertz CT molecular complexity index is 450. The van der Waals surface area contributed by atoms with Crippen molar-refractivity contribution < 1.29 is 4.79 Å². The first-order chi connectivity index (χ1) is 9.56. The van der Waals surface area contributed by atoms with E-state index in [1.165, 1.54) is 17.5 Å². The summed E-state index contributed by atoms with van der Waals surface area (Å²) in [5.74, 6) is 3.13. The van der Waals surface area contributed by atoms with Crippen LogP contribution in [-0.4, -0.2) is 29.6 Å². The number of piperidine rings is 1. The predicted molar refractivity (Wildman–Crippen MR) is 86.9 cm³/mol. The third-order valence-electron chi connectivity index (χ3n) is 3.97. The normalized spacial score (nSPS) is 22.9. The van der Waals surface area contributed by atoms with Gasteiger partial charge in [-0.1, -0.05) is 38.1 Å². The quantitative estimate of drug-likeness (QED) is 0.842. The number of benzene rings is 1. The highest BCUT2D eigenvalue weighted by atomic mass is 32.2. The summed E-state index contributed by atoms with van der Waals surface area (Å²) in [6, 6.07) is 8.41. The second kappa shape index (κ2) is 7.16. The highest BCUT2D eigenvalue weighted by molar-refractivity contribution is 7.99. The number of aryl methyl sites for hydroxylation is 1. The summed E-state index contributed by atoms with van der Waals surface area (Å²) in [6.45, 7) is 8.50. The van der Waals surface area contributed by atoms with Crippen molar-refractivity contribution in [1.29, 1.82) is 0 Å². The summed E-state index contributed by atoms with van der Waals surface area (Å²) >= 11 is 1.73. The fraction of sp³-hybridized carbons (Fsp3) is 0.588. The molecule has 0 N–H and O–H groups in total. The van der Waals surface area contributed by atoms with Crippen LogP contribution in [0.4, 0.5) is 0 Å². The lowest BCUT2D eigenvalue weighted by Gasteiger charge is -2.35. The van der Waals surface area contributed by atoms with Crippen LogP contribution in [-0.2, 0) is 10.5 Å². The molecular formula is C17H25NOS. The molecule has 1 fully saturated rings. The molecule has 0 radical (unpaired) electrons. The van der Waals surface area contributed by atoms with Crippen molar-refractivity contribution in [3.63, 3.8) is 0 Å².